The second kappa shape index (κ2) is 4.09. The first kappa shape index (κ1) is 11.7. The maximum absolute atomic E-state index is 11.2. The number of hydrogen-bond acceptors (Lipinski definition) is 4. The van der Waals surface area contributed by atoms with Gasteiger partial charge in [0.1, 0.15) is 5.82 Å². The molecule has 2 fully saturated rings. The molecule has 1 aliphatic heterocycles. The third kappa shape index (κ3) is 1.57. The molecular formula is C13H19N3O2. The summed E-state index contributed by atoms with van der Waals surface area (Å²) in [6.45, 7) is 3.63. The molecule has 0 radical (unpaired) electrons. The zero-order valence-corrected chi connectivity index (χ0v) is 10.8. The summed E-state index contributed by atoms with van der Waals surface area (Å²) in [5, 5.41) is 14.3. The second-order valence-corrected chi connectivity index (χ2v) is 5.54. The van der Waals surface area contributed by atoms with E-state index in [9.17, 15) is 9.90 Å². The molecule has 1 aromatic rings. The van der Waals surface area contributed by atoms with Crippen LogP contribution in [0, 0.1) is 18.8 Å². The first-order chi connectivity index (χ1) is 8.61. The predicted octanol–water partition coefficient (Wildman–Crippen LogP) is 0.748. The van der Waals surface area contributed by atoms with E-state index in [1.807, 2.05) is 14.0 Å². The maximum Gasteiger partial charge on any atom is 0.155 e. The Balaban J connectivity index is 1.91. The number of hydrogen-bond donors (Lipinski definition) is 1. The number of carbonyl (C=O) groups is 1. The van der Waals surface area contributed by atoms with Gasteiger partial charge in [0.15, 0.2) is 6.29 Å². The maximum atomic E-state index is 11.2. The van der Waals surface area contributed by atoms with Crippen LogP contribution in [0.1, 0.15) is 28.9 Å². The quantitative estimate of drug-likeness (QED) is 0.786. The van der Waals surface area contributed by atoms with Gasteiger partial charge in [0.25, 0.3) is 0 Å². The molecule has 1 aromatic heterocycles. The summed E-state index contributed by atoms with van der Waals surface area (Å²) in [7, 11) is 1.87. The summed E-state index contributed by atoms with van der Waals surface area (Å²) in [6.07, 6.45) is 2.74. The molecule has 98 valence electrons. The van der Waals surface area contributed by atoms with E-state index in [1.54, 1.807) is 4.68 Å². The second-order valence-electron chi connectivity index (χ2n) is 5.54. The van der Waals surface area contributed by atoms with Crippen molar-refractivity contribution >= 4 is 12.1 Å². The number of aryl methyl sites for hydroxylation is 2. The first-order valence-corrected chi connectivity index (χ1v) is 6.53. The summed E-state index contributed by atoms with van der Waals surface area (Å²) in [5.41, 5.74) is 1.46. The summed E-state index contributed by atoms with van der Waals surface area (Å²) in [5.74, 6) is 1.83. The third-order valence-electron chi connectivity index (χ3n) is 4.47. The van der Waals surface area contributed by atoms with Crippen molar-refractivity contribution in [3.05, 3.63) is 11.3 Å². The van der Waals surface area contributed by atoms with Gasteiger partial charge in [-0.1, -0.05) is 0 Å². The molecule has 0 spiro atoms. The molecule has 2 heterocycles. The molecule has 3 unspecified atom stereocenters. The average molecular weight is 249 g/mol. The molecule has 0 bridgehead atoms. The van der Waals surface area contributed by atoms with Crippen LogP contribution >= 0.6 is 0 Å². The highest BCUT2D eigenvalue weighted by Crippen LogP contribution is 2.40. The van der Waals surface area contributed by atoms with Crippen molar-refractivity contribution in [1.29, 1.82) is 0 Å². The SMILES string of the molecule is Cc1nn(C)c(N2CC3CCC(O)C3C2)c1C=O. The zero-order chi connectivity index (χ0) is 12.9. The molecule has 1 N–H and O–H groups in total. The standard InChI is InChI=1S/C13H19N3O2/c1-8-11(7-17)13(15(2)14-8)16-5-9-3-4-12(18)10(9)6-16/h7,9-10,12,18H,3-6H2,1-2H3. The highest BCUT2D eigenvalue weighted by molar-refractivity contribution is 5.84. The van der Waals surface area contributed by atoms with Gasteiger partial charge in [0, 0.05) is 26.1 Å². The molecule has 3 rings (SSSR count). The summed E-state index contributed by atoms with van der Waals surface area (Å²) in [6, 6.07) is 0. The van der Waals surface area contributed by atoms with Crippen LogP contribution < -0.4 is 4.90 Å². The van der Waals surface area contributed by atoms with Crippen LogP contribution in [0.15, 0.2) is 0 Å². The van der Waals surface area contributed by atoms with Crippen molar-refractivity contribution in [2.45, 2.75) is 25.9 Å². The topological polar surface area (TPSA) is 58.4 Å². The molecule has 5 heteroatoms. The van der Waals surface area contributed by atoms with Gasteiger partial charge in [0.05, 0.1) is 17.4 Å². The largest absolute Gasteiger partial charge is 0.393 e. The number of anilines is 1. The average Bonchev–Trinajstić information content (AvgIpc) is 2.94. The van der Waals surface area contributed by atoms with Crippen molar-refractivity contribution in [1.82, 2.24) is 9.78 Å². The molecule has 1 saturated heterocycles. The number of aliphatic hydroxyl groups excluding tert-OH is 1. The Hall–Kier alpha value is -1.36. The molecule has 1 aliphatic carbocycles. The Morgan fingerprint density at radius 2 is 2.17 bits per heavy atom. The number of aldehydes is 1. The minimum absolute atomic E-state index is 0.172. The fraction of sp³-hybridized carbons (Fsp3) is 0.692. The normalized spacial score (nSPS) is 30.8. The zero-order valence-electron chi connectivity index (χ0n) is 10.8. The molecule has 0 aromatic carbocycles. The van der Waals surface area contributed by atoms with E-state index in [2.05, 4.69) is 10.00 Å². The summed E-state index contributed by atoms with van der Waals surface area (Å²) >= 11 is 0. The van der Waals surface area contributed by atoms with Crippen molar-refractivity contribution in [3.8, 4) is 0 Å². The van der Waals surface area contributed by atoms with Gasteiger partial charge in [-0.2, -0.15) is 5.10 Å². The van der Waals surface area contributed by atoms with Gasteiger partial charge in [-0.15, -0.1) is 0 Å². The molecule has 0 amide bonds. The predicted molar refractivity (Wildman–Crippen MR) is 67.8 cm³/mol. The Labute approximate surface area is 106 Å². The molecule has 5 nitrogen and oxygen atoms in total. The van der Waals surface area contributed by atoms with Crippen LogP contribution in [0.4, 0.5) is 5.82 Å². The fourth-order valence-electron chi connectivity index (χ4n) is 3.58. The van der Waals surface area contributed by atoms with Crippen LogP contribution in [0.5, 0.6) is 0 Å². The van der Waals surface area contributed by atoms with Crippen LogP contribution in [0.2, 0.25) is 0 Å². The van der Waals surface area contributed by atoms with Gasteiger partial charge < -0.3 is 10.0 Å². The van der Waals surface area contributed by atoms with Crippen molar-refractivity contribution in [3.63, 3.8) is 0 Å². The Morgan fingerprint density at radius 3 is 2.83 bits per heavy atom. The van der Waals surface area contributed by atoms with Crippen LogP contribution in [0.25, 0.3) is 0 Å². The van der Waals surface area contributed by atoms with Crippen LogP contribution in [-0.4, -0.2) is 40.4 Å². The summed E-state index contributed by atoms with van der Waals surface area (Å²) in [4.78, 5) is 13.4. The third-order valence-corrected chi connectivity index (χ3v) is 4.47. The molecular weight excluding hydrogens is 230 g/mol. The minimum Gasteiger partial charge on any atom is -0.393 e. The van der Waals surface area contributed by atoms with Crippen LogP contribution in [-0.2, 0) is 7.05 Å². The van der Waals surface area contributed by atoms with Crippen LogP contribution in [0.3, 0.4) is 0 Å². The molecule has 3 atom stereocenters. The van der Waals surface area contributed by atoms with Gasteiger partial charge in [-0.05, 0) is 25.7 Å². The minimum atomic E-state index is -0.172. The fourth-order valence-corrected chi connectivity index (χ4v) is 3.58. The smallest absolute Gasteiger partial charge is 0.155 e. The number of fused-ring (bicyclic) bond motifs is 1. The number of aromatic nitrogens is 2. The number of carbonyl (C=O) groups excluding carboxylic acids is 1. The lowest BCUT2D eigenvalue weighted by Gasteiger charge is -2.21. The van der Waals surface area contributed by atoms with E-state index >= 15 is 0 Å². The van der Waals surface area contributed by atoms with Crippen molar-refractivity contribution in [2.24, 2.45) is 18.9 Å². The van der Waals surface area contributed by atoms with Crippen molar-refractivity contribution < 1.29 is 9.90 Å². The van der Waals surface area contributed by atoms with E-state index in [-0.39, 0.29) is 6.10 Å². The van der Waals surface area contributed by atoms with Gasteiger partial charge in [-0.3, -0.25) is 9.48 Å². The van der Waals surface area contributed by atoms with E-state index in [0.29, 0.717) is 17.4 Å². The van der Waals surface area contributed by atoms with Gasteiger partial charge in [-0.25, -0.2) is 0 Å². The van der Waals surface area contributed by atoms with Crippen molar-refractivity contribution in [2.75, 3.05) is 18.0 Å². The summed E-state index contributed by atoms with van der Waals surface area (Å²) < 4.78 is 1.78. The molecule has 18 heavy (non-hydrogen) atoms. The Bertz CT molecular complexity index is 483. The lowest BCUT2D eigenvalue weighted by molar-refractivity contribution is 0.112. The van der Waals surface area contributed by atoms with E-state index < -0.39 is 0 Å². The number of aliphatic hydroxyl groups is 1. The Kier molecular flexibility index (Phi) is 2.66. The highest BCUT2D eigenvalue weighted by Gasteiger charge is 2.43. The lowest BCUT2D eigenvalue weighted by Crippen LogP contribution is -2.26. The van der Waals surface area contributed by atoms with Gasteiger partial charge in [0.2, 0.25) is 0 Å². The monoisotopic (exact) mass is 249 g/mol. The highest BCUT2D eigenvalue weighted by atomic mass is 16.3. The first-order valence-electron chi connectivity index (χ1n) is 6.53. The lowest BCUT2D eigenvalue weighted by atomic mass is 10.00. The molecule has 2 aliphatic rings. The van der Waals surface area contributed by atoms with E-state index in [4.69, 9.17) is 0 Å². The Morgan fingerprint density at radius 1 is 1.39 bits per heavy atom. The van der Waals surface area contributed by atoms with E-state index in [1.165, 1.54) is 0 Å². The molecule has 1 saturated carbocycles. The van der Waals surface area contributed by atoms with E-state index in [0.717, 1.165) is 43.7 Å². The van der Waals surface area contributed by atoms with Gasteiger partial charge >= 0.3 is 0 Å². The number of rotatable bonds is 2. The number of nitrogens with zero attached hydrogens (tertiary/aromatic N) is 3.